The Hall–Kier alpha value is -1.49. The first kappa shape index (κ1) is 16.9. The molecule has 0 saturated heterocycles. The third-order valence-electron chi connectivity index (χ3n) is 2.78. The molecule has 0 radical (unpaired) electrons. The minimum absolute atomic E-state index is 0.0699. The van der Waals surface area contributed by atoms with Gasteiger partial charge in [-0.25, -0.2) is 0 Å². The molecule has 0 bridgehead atoms. The highest BCUT2D eigenvalue weighted by Crippen LogP contribution is 2.27. The van der Waals surface area contributed by atoms with E-state index < -0.39 is 4.84 Å². The number of hydrogen-bond acceptors (Lipinski definition) is 3. The second-order valence-corrected chi connectivity index (χ2v) is 6.66. The van der Waals surface area contributed by atoms with Crippen LogP contribution in [0.4, 0.5) is 5.69 Å². The quantitative estimate of drug-likeness (QED) is 0.617. The van der Waals surface area contributed by atoms with Crippen LogP contribution in [-0.4, -0.2) is 11.0 Å². The van der Waals surface area contributed by atoms with Crippen molar-refractivity contribution in [1.29, 1.82) is 0 Å². The van der Waals surface area contributed by atoms with Gasteiger partial charge >= 0.3 is 0 Å². The number of carbonyl (C=O) groups is 2. The van der Waals surface area contributed by atoms with Gasteiger partial charge < -0.3 is 5.32 Å². The normalized spacial score (nSPS) is 10.5. The van der Waals surface area contributed by atoms with Crippen molar-refractivity contribution < 1.29 is 9.59 Å². The SMILES string of the molecule is CC(=O)Nc1ccc(SC(=O)c2ccc(C(Cl)Cl)cc2)cc1. The van der Waals surface area contributed by atoms with Crippen LogP contribution in [-0.2, 0) is 4.79 Å². The van der Waals surface area contributed by atoms with Crippen molar-refractivity contribution in [2.75, 3.05) is 5.32 Å². The molecule has 0 aliphatic rings. The lowest BCUT2D eigenvalue weighted by molar-refractivity contribution is -0.114. The molecular weight excluding hydrogens is 341 g/mol. The highest BCUT2D eigenvalue weighted by Gasteiger charge is 2.10. The summed E-state index contributed by atoms with van der Waals surface area (Å²) >= 11 is 12.6. The minimum atomic E-state index is -0.599. The van der Waals surface area contributed by atoms with Gasteiger partial charge in [0.1, 0.15) is 4.84 Å². The van der Waals surface area contributed by atoms with Crippen LogP contribution < -0.4 is 5.32 Å². The van der Waals surface area contributed by atoms with Crippen molar-refractivity contribution in [3.63, 3.8) is 0 Å². The van der Waals surface area contributed by atoms with E-state index in [2.05, 4.69) is 5.32 Å². The van der Waals surface area contributed by atoms with Crippen LogP contribution in [0.2, 0.25) is 0 Å². The first-order chi connectivity index (χ1) is 10.5. The zero-order valence-electron chi connectivity index (χ0n) is 11.7. The number of thioether (sulfide) groups is 1. The Morgan fingerprint density at radius 2 is 1.59 bits per heavy atom. The molecule has 114 valence electrons. The maximum Gasteiger partial charge on any atom is 0.224 e. The van der Waals surface area contributed by atoms with E-state index in [0.29, 0.717) is 11.3 Å². The van der Waals surface area contributed by atoms with Gasteiger partial charge in [0.25, 0.3) is 0 Å². The predicted molar refractivity (Wildman–Crippen MR) is 91.8 cm³/mol. The minimum Gasteiger partial charge on any atom is -0.326 e. The highest BCUT2D eigenvalue weighted by molar-refractivity contribution is 8.14. The maximum absolute atomic E-state index is 12.2. The summed E-state index contributed by atoms with van der Waals surface area (Å²) in [5, 5.41) is 2.61. The van der Waals surface area contributed by atoms with Crippen molar-refractivity contribution in [3.8, 4) is 0 Å². The molecule has 0 unspecified atom stereocenters. The van der Waals surface area contributed by atoms with Gasteiger partial charge in [-0.05, 0) is 41.6 Å². The molecule has 0 aromatic heterocycles. The predicted octanol–water partition coefficient (Wildman–Crippen LogP) is 5.05. The number of benzene rings is 2. The summed E-state index contributed by atoms with van der Waals surface area (Å²) in [6.45, 7) is 1.45. The summed E-state index contributed by atoms with van der Waals surface area (Å²) < 4.78 is 0. The van der Waals surface area contributed by atoms with Gasteiger partial charge in [0.2, 0.25) is 11.0 Å². The third kappa shape index (κ3) is 4.77. The smallest absolute Gasteiger partial charge is 0.224 e. The molecule has 1 amide bonds. The molecule has 1 N–H and O–H groups in total. The van der Waals surface area contributed by atoms with E-state index in [1.807, 2.05) is 0 Å². The number of nitrogens with one attached hydrogen (secondary N) is 1. The highest BCUT2D eigenvalue weighted by atomic mass is 35.5. The van der Waals surface area contributed by atoms with Crippen molar-refractivity contribution >= 4 is 51.7 Å². The molecule has 22 heavy (non-hydrogen) atoms. The summed E-state index contributed by atoms with van der Waals surface area (Å²) in [5.74, 6) is -0.131. The van der Waals surface area contributed by atoms with Gasteiger partial charge in [-0.3, -0.25) is 9.59 Å². The zero-order chi connectivity index (χ0) is 16.1. The molecule has 2 aromatic carbocycles. The zero-order valence-corrected chi connectivity index (χ0v) is 14.0. The molecule has 0 atom stereocenters. The molecule has 3 nitrogen and oxygen atoms in total. The summed E-state index contributed by atoms with van der Waals surface area (Å²) in [5.41, 5.74) is 2.03. The monoisotopic (exact) mass is 353 g/mol. The lowest BCUT2D eigenvalue weighted by Gasteiger charge is -2.05. The van der Waals surface area contributed by atoms with Crippen LogP contribution in [0, 0.1) is 0 Å². The van der Waals surface area contributed by atoms with Crippen LogP contribution >= 0.6 is 35.0 Å². The molecule has 0 aliphatic carbocycles. The largest absolute Gasteiger partial charge is 0.326 e. The maximum atomic E-state index is 12.2. The molecular formula is C16H13Cl2NO2S. The average Bonchev–Trinajstić information content (AvgIpc) is 2.49. The van der Waals surface area contributed by atoms with E-state index in [1.165, 1.54) is 6.92 Å². The number of alkyl halides is 2. The van der Waals surface area contributed by atoms with E-state index in [4.69, 9.17) is 23.2 Å². The van der Waals surface area contributed by atoms with Crippen molar-refractivity contribution in [2.45, 2.75) is 16.7 Å². The molecule has 0 saturated carbocycles. The summed E-state index contributed by atoms with van der Waals surface area (Å²) in [4.78, 5) is 23.3. The second kappa shape index (κ2) is 7.68. The fourth-order valence-electron chi connectivity index (χ4n) is 1.74. The van der Waals surface area contributed by atoms with Gasteiger partial charge in [0.05, 0.1) is 0 Å². The average molecular weight is 354 g/mol. The number of hydrogen-bond donors (Lipinski definition) is 1. The standard InChI is InChI=1S/C16H13Cl2NO2S/c1-10(20)19-13-6-8-14(9-7-13)22-16(21)12-4-2-11(3-5-12)15(17)18/h2-9,15H,1H3,(H,19,20). The van der Waals surface area contributed by atoms with E-state index in [1.54, 1.807) is 48.5 Å². The van der Waals surface area contributed by atoms with Crippen LogP contribution in [0.5, 0.6) is 0 Å². The molecule has 2 aromatic rings. The molecule has 0 heterocycles. The third-order valence-corrected chi connectivity index (χ3v) is 4.22. The molecule has 0 aliphatic heterocycles. The Kier molecular flexibility index (Phi) is 5.89. The van der Waals surface area contributed by atoms with Crippen LogP contribution in [0.15, 0.2) is 53.4 Å². The van der Waals surface area contributed by atoms with E-state index >= 15 is 0 Å². The van der Waals surface area contributed by atoms with Gasteiger partial charge in [-0.2, -0.15) is 0 Å². The summed E-state index contributed by atoms with van der Waals surface area (Å²) in [6.07, 6.45) is 0. The van der Waals surface area contributed by atoms with Crippen LogP contribution in [0.1, 0.15) is 27.7 Å². The van der Waals surface area contributed by atoms with E-state index in [0.717, 1.165) is 22.2 Å². The van der Waals surface area contributed by atoms with Gasteiger partial charge in [-0.1, -0.05) is 24.3 Å². The van der Waals surface area contributed by atoms with Crippen LogP contribution in [0.3, 0.4) is 0 Å². The van der Waals surface area contributed by atoms with Gasteiger partial charge in [0, 0.05) is 23.1 Å². The Bertz CT molecular complexity index is 670. The molecule has 6 heteroatoms. The second-order valence-electron chi connectivity index (χ2n) is 4.52. The number of carbonyl (C=O) groups excluding carboxylic acids is 2. The molecule has 0 fully saturated rings. The lowest BCUT2D eigenvalue weighted by atomic mass is 10.2. The number of amides is 1. The lowest BCUT2D eigenvalue weighted by Crippen LogP contribution is -2.05. The van der Waals surface area contributed by atoms with Crippen LogP contribution in [0.25, 0.3) is 0 Å². The van der Waals surface area contributed by atoms with Gasteiger partial charge in [-0.15, -0.1) is 23.2 Å². The Labute approximate surface area is 143 Å². The summed E-state index contributed by atoms with van der Waals surface area (Å²) in [7, 11) is 0. The number of rotatable bonds is 4. The molecule has 0 spiro atoms. The Balaban J connectivity index is 2.03. The fraction of sp³-hybridized carbons (Fsp3) is 0.125. The first-order valence-electron chi connectivity index (χ1n) is 6.43. The van der Waals surface area contributed by atoms with Crippen molar-refractivity contribution in [3.05, 3.63) is 59.7 Å². The number of halogens is 2. The van der Waals surface area contributed by atoms with Gasteiger partial charge in [0.15, 0.2) is 0 Å². The number of anilines is 1. The summed E-state index contributed by atoms with van der Waals surface area (Å²) in [6, 6.07) is 14.0. The Morgan fingerprint density at radius 3 is 2.09 bits per heavy atom. The van der Waals surface area contributed by atoms with Crippen molar-refractivity contribution in [1.82, 2.24) is 0 Å². The molecule has 2 rings (SSSR count). The van der Waals surface area contributed by atoms with E-state index in [-0.39, 0.29) is 11.0 Å². The fourth-order valence-corrected chi connectivity index (χ4v) is 2.77. The van der Waals surface area contributed by atoms with E-state index in [9.17, 15) is 9.59 Å². The Morgan fingerprint density at radius 1 is 1.00 bits per heavy atom. The first-order valence-corrected chi connectivity index (χ1v) is 8.12. The van der Waals surface area contributed by atoms with Crippen molar-refractivity contribution in [2.24, 2.45) is 0 Å². The topological polar surface area (TPSA) is 46.2 Å².